The first kappa shape index (κ1) is 14.5. The van der Waals surface area contributed by atoms with E-state index in [1.165, 1.54) is 6.33 Å². The Labute approximate surface area is 118 Å². The molecule has 1 aliphatic rings. The summed E-state index contributed by atoms with van der Waals surface area (Å²) in [5.74, 6) is 0.556. The number of piperazine rings is 1. The molecule has 2 heterocycles. The van der Waals surface area contributed by atoms with E-state index in [4.69, 9.17) is 0 Å². The maximum absolute atomic E-state index is 12.6. The second kappa shape index (κ2) is 5.60. The van der Waals surface area contributed by atoms with Gasteiger partial charge in [0, 0.05) is 6.54 Å². The van der Waals surface area contributed by atoms with Crippen LogP contribution in [0.15, 0.2) is 6.33 Å². The molecular formula is C13H21N5O2. The Bertz CT molecular complexity index is 507. The van der Waals surface area contributed by atoms with Crippen LogP contribution < -0.4 is 5.32 Å². The maximum Gasteiger partial charge on any atom is 0.249 e. The van der Waals surface area contributed by atoms with E-state index in [1.54, 1.807) is 9.58 Å². The predicted molar refractivity (Wildman–Crippen MR) is 72.6 cm³/mol. The van der Waals surface area contributed by atoms with Crippen molar-refractivity contribution in [3.8, 4) is 0 Å². The number of carbonyl (C=O) groups excluding carboxylic acids is 2. The summed E-state index contributed by atoms with van der Waals surface area (Å²) >= 11 is 0. The van der Waals surface area contributed by atoms with Crippen LogP contribution in [0.2, 0.25) is 0 Å². The Kier molecular flexibility index (Phi) is 4.06. The van der Waals surface area contributed by atoms with Crippen LogP contribution in [-0.4, -0.2) is 43.6 Å². The van der Waals surface area contributed by atoms with Gasteiger partial charge in [-0.2, -0.15) is 5.10 Å². The lowest BCUT2D eigenvalue weighted by molar-refractivity contribution is -0.151. The molecule has 2 rings (SSSR count). The van der Waals surface area contributed by atoms with Crippen molar-refractivity contribution < 1.29 is 9.59 Å². The molecule has 0 bridgehead atoms. The molecule has 2 amide bonds. The molecule has 1 fully saturated rings. The number of nitrogens with zero attached hydrogens (tertiary/aromatic N) is 4. The van der Waals surface area contributed by atoms with Crippen LogP contribution in [0.4, 0.5) is 0 Å². The highest BCUT2D eigenvalue weighted by molar-refractivity contribution is 5.97. The minimum Gasteiger partial charge on any atom is -0.340 e. The van der Waals surface area contributed by atoms with Crippen molar-refractivity contribution in [3.63, 3.8) is 0 Å². The van der Waals surface area contributed by atoms with Crippen LogP contribution in [0.3, 0.4) is 0 Å². The summed E-state index contributed by atoms with van der Waals surface area (Å²) in [5, 5.41) is 6.93. The van der Waals surface area contributed by atoms with Gasteiger partial charge in [-0.05, 0) is 19.8 Å². The first-order chi connectivity index (χ1) is 9.56. The predicted octanol–water partition coefficient (Wildman–Crippen LogP) is 0.315. The summed E-state index contributed by atoms with van der Waals surface area (Å²) in [6.07, 6.45) is 2.65. The van der Waals surface area contributed by atoms with Crippen molar-refractivity contribution in [2.45, 2.75) is 52.2 Å². The lowest BCUT2D eigenvalue weighted by atomic mass is 9.89. The lowest BCUT2D eigenvalue weighted by Gasteiger charge is -2.40. The SMILES string of the molecule is CCn1ncnc1CN1CC(=O)NC(CC)(CC)C1=O. The average Bonchev–Trinajstić information content (AvgIpc) is 2.89. The van der Waals surface area contributed by atoms with Crippen molar-refractivity contribution >= 4 is 11.8 Å². The van der Waals surface area contributed by atoms with Gasteiger partial charge in [0.05, 0.1) is 6.54 Å². The molecule has 1 aromatic rings. The molecule has 0 spiro atoms. The van der Waals surface area contributed by atoms with Crippen molar-refractivity contribution in [2.75, 3.05) is 6.54 Å². The summed E-state index contributed by atoms with van der Waals surface area (Å²) < 4.78 is 1.74. The Morgan fingerprint density at radius 1 is 1.30 bits per heavy atom. The van der Waals surface area contributed by atoms with Crippen LogP contribution in [0.1, 0.15) is 39.4 Å². The van der Waals surface area contributed by atoms with Gasteiger partial charge in [-0.15, -0.1) is 0 Å². The third kappa shape index (κ3) is 2.39. The molecule has 1 aliphatic heterocycles. The van der Waals surface area contributed by atoms with Crippen molar-refractivity contribution in [3.05, 3.63) is 12.2 Å². The Balaban J connectivity index is 2.23. The van der Waals surface area contributed by atoms with E-state index >= 15 is 0 Å². The van der Waals surface area contributed by atoms with Crippen LogP contribution in [0.25, 0.3) is 0 Å². The number of aryl methyl sites for hydroxylation is 1. The van der Waals surface area contributed by atoms with Gasteiger partial charge < -0.3 is 10.2 Å². The number of rotatable bonds is 5. The zero-order valence-electron chi connectivity index (χ0n) is 12.2. The first-order valence-corrected chi connectivity index (χ1v) is 7.03. The van der Waals surface area contributed by atoms with E-state index < -0.39 is 5.54 Å². The number of aromatic nitrogens is 3. The molecule has 20 heavy (non-hydrogen) atoms. The molecule has 0 unspecified atom stereocenters. The van der Waals surface area contributed by atoms with E-state index in [-0.39, 0.29) is 18.4 Å². The number of hydrogen-bond acceptors (Lipinski definition) is 4. The van der Waals surface area contributed by atoms with Crippen LogP contribution in [-0.2, 0) is 22.7 Å². The standard InChI is InChI=1S/C13H21N5O2/c1-4-13(5-2)12(20)17(8-11(19)16-13)7-10-14-9-15-18(10)6-3/h9H,4-8H2,1-3H3,(H,16,19). The van der Waals surface area contributed by atoms with Crippen LogP contribution in [0.5, 0.6) is 0 Å². The highest BCUT2D eigenvalue weighted by Gasteiger charge is 2.44. The summed E-state index contributed by atoms with van der Waals surface area (Å²) in [6.45, 7) is 6.89. The largest absolute Gasteiger partial charge is 0.340 e. The first-order valence-electron chi connectivity index (χ1n) is 7.03. The Morgan fingerprint density at radius 3 is 2.60 bits per heavy atom. The molecule has 110 valence electrons. The van der Waals surface area contributed by atoms with Gasteiger partial charge in [-0.3, -0.25) is 9.59 Å². The summed E-state index contributed by atoms with van der Waals surface area (Å²) in [5.41, 5.74) is -0.771. The Hall–Kier alpha value is -1.92. The van der Waals surface area contributed by atoms with Gasteiger partial charge >= 0.3 is 0 Å². The van der Waals surface area contributed by atoms with Gasteiger partial charge in [0.25, 0.3) is 0 Å². The van der Waals surface area contributed by atoms with E-state index in [0.717, 1.165) is 0 Å². The molecule has 1 saturated heterocycles. The number of nitrogens with one attached hydrogen (secondary N) is 1. The number of amides is 2. The zero-order chi connectivity index (χ0) is 14.8. The molecule has 0 aliphatic carbocycles. The Morgan fingerprint density at radius 2 is 2.00 bits per heavy atom. The topological polar surface area (TPSA) is 80.1 Å². The minimum atomic E-state index is -0.771. The number of hydrogen-bond donors (Lipinski definition) is 1. The van der Waals surface area contributed by atoms with Gasteiger partial charge in [0.15, 0.2) is 0 Å². The molecule has 0 saturated carbocycles. The molecular weight excluding hydrogens is 258 g/mol. The minimum absolute atomic E-state index is 0.0345. The molecule has 7 nitrogen and oxygen atoms in total. The second-order valence-corrected chi connectivity index (χ2v) is 4.99. The van der Waals surface area contributed by atoms with Crippen LogP contribution in [0, 0.1) is 0 Å². The van der Waals surface area contributed by atoms with Crippen molar-refractivity contribution in [2.24, 2.45) is 0 Å². The highest BCUT2D eigenvalue weighted by Crippen LogP contribution is 2.23. The fourth-order valence-corrected chi connectivity index (χ4v) is 2.61. The van der Waals surface area contributed by atoms with Crippen molar-refractivity contribution in [1.29, 1.82) is 0 Å². The van der Waals surface area contributed by atoms with Crippen molar-refractivity contribution in [1.82, 2.24) is 25.0 Å². The molecule has 0 radical (unpaired) electrons. The van der Waals surface area contributed by atoms with Crippen LogP contribution >= 0.6 is 0 Å². The van der Waals surface area contributed by atoms with Gasteiger partial charge in [0.1, 0.15) is 24.2 Å². The monoisotopic (exact) mass is 279 g/mol. The quantitative estimate of drug-likeness (QED) is 0.841. The van der Waals surface area contributed by atoms with E-state index in [0.29, 0.717) is 31.8 Å². The summed E-state index contributed by atoms with van der Waals surface area (Å²) in [7, 11) is 0. The molecule has 1 aromatic heterocycles. The third-order valence-corrected chi connectivity index (χ3v) is 3.94. The fourth-order valence-electron chi connectivity index (χ4n) is 2.61. The van der Waals surface area contributed by atoms with Gasteiger partial charge in [0.2, 0.25) is 11.8 Å². The molecule has 0 atom stereocenters. The average molecular weight is 279 g/mol. The molecule has 1 N–H and O–H groups in total. The molecule has 0 aromatic carbocycles. The summed E-state index contributed by atoms with van der Waals surface area (Å²) in [6, 6.07) is 0. The normalized spacial score (nSPS) is 18.2. The van der Waals surface area contributed by atoms with Gasteiger partial charge in [-0.1, -0.05) is 13.8 Å². The van der Waals surface area contributed by atoms with Gasteiger partial charge in [-0.25, -0.2) is 9.67 Å². The lowest BCUT2D eigenvalue weighted by Crippen LogP contribution is -2.66. The smallest absolute Gasteiger partial charge is 0.249 e. The van der Waals surface area contributed by atoms with E-state index in [1.807, 2.05) is 20.8 Å². The highest BCUT2D eigenvalue weighted by atomic mass is 16.2. The molecule has 7 heteroatoms. The third-order valence-electron chi connectivity index (χ3n) is 3.94. The fraction of sp³-hybridized carbons (Fsp3) is 0.692. The summed E-state index contributed by atoms with van der Waals surface area (Å²) in [4.78, 5) is 30.3. The maximum atomic E-state index is 12.6. The second-order valence-electron chi connectivity index (χ2n) is 4.99. The number of carbonyl (C=O) groups is 2. The van der Waals surface area contributed by atoms with E-state index in [9.17, 15) is 9.59 Å². The zero-order valence-corrected chi connectivity index (χ0v) is 12.2. The van der Waals surface area contributed by atoms with E-state index in [2.05, 4.69) is 15.4 Å².